The molecule has 0 spiro atoms. The minimum Gasteiger partial charge on any atom is -0.483 e. The number of amides is 1. The van der Waals surface area contributed by atoms with Crippen LogP contribution < -0.4 is 10.1 Å². The van der Waals surface area contributed by atoms with E-state index in [1.54, 1.807) is 6.07 Å². The summed E-state index contributed by atoms with van der Waals surface area (Å²) in [5.74, 6) is 0.372. The van der Waals surface area contributed by atoms with Crippen molar-refractivity contribution in [3.63, 3.8) is 0 Å². The number of nitrogens with one attached hydrogen (secondary N) is 1. The van der Waals surface area contributed by atoms with E-state index < -0.39 is 0 Å². The highest BCUT2D eigenvalue weighted by Gasteiger charge is 2.09. The van der Waals surface area contributed by atoms with E-state index in [4.69, 9.17) is 4.74 Å². The molecule has 1 N–H and O–H groups in total. The van der Waals surface area contributed by atoms with E-state index in [0.29, 0.717) is 10.9 Å². The number of fused-ring (bicyclic) bond motifs is 1. The van der Waals surface area contributed by atoms with Gasteiger partial charge in [0.15, 0.2) is 11.7 Å². The summed E-state index contributed by atoms with van der Waals surface area (Å²) in [6, 6.07) is 13.3. The van der Waals surface area contributed by atoms with Crippen molar-refractivity contribution in [2.45, 2.75) is 0 Å². The van der Waals surface area contributed by atoms with Crippen LogP contribution in [0.5, 0.6) is 5.75 Å². The number of carbonyl (C=O) groups excluding carboxylic acids is 1. The summed E-state index contributed by atoms with van der Waals surface area (Å²) in [6.45, 7) is -0.0733. The van der Waals surface area contributed by atoms with Crippen LogP contribution in [0.4, 0.5) is 5.13 Å². The minimum absolute atomic E-state index is 0.0733. The van der Waals surface area contributed by atoms with E-state index in [1.165, 1.54) is 11.3 Å². The fourth-order valence-corrected chi connectivity index (χ4v) is 3.86. The Morgan fingerprint density at radius 2 is 2.05 bits per heavy atom. The van der Waals surface area contributed by atoms with Gasteiger partial charge in [0.25, 0.3) is 5.91 Å². The van der Waals surface area contributed by atoms with Crippen LogP contribution in [0.3, 0.4) is 0 Å². The second-order valence-electron chi connectivity index (χ2n) is 4.40. The maximum atomic E-state index is 11.9. The molecule has 7 heteroatoms. The van der Waals surface area contributed by atoms with E-state index in [1.807, 2.05) is 36.4 Å². The van der Waals surface area contributed by atoms with Gasteiger partial charge in [-0.2, -0.15) is 0 Å². The summed E-state index contributed by atoms with van der Waals surface area (Å²) in [6.07, 6.45) is 0. The van der Waals surface area contributed by atoms with Crippen molar-refractivity contribution in [2.75, 3.05) is 11.9 Å². The number of para-hydroxylation sites is 1. The van der Waals surface area contributed by atoms with Crippen LogP contribution in [0, 0.1) is 0 Å². The Labute approximate surface area is 147 Å². The molecule has 4 nitrogen and oxygen atoms in total. The summed E-state index contributed by atoms with van der Waals surface area (Å²) < 4.78 is 8.26. The molecule has 3 aromatic rings. The number of ether oxygens (including phenoxy) is 1. The number of anilines is 1. The molecule has 2 aromatic carbocycles. The highest BCUT2D eigenvalue weighted by molar-refractivity contribution is 9.11. The molecular formula is C15H10Br2N2O2S. The summed E-state index contributed by atoms with van der Waals surface area (Å²) >= 11 is 8.19. The molecule has 0 aliphatic heterocycles. The summed E-state index contributed by atoms with van der Waals surface area (Å²) in [5.41, 5.74) is 0.874. The smallest absolute Gasteiger partial charge is 0.264 e. The molecule has 3 rings (SSSR count). The molecule has 22 heavy (non-hydrogen) atoms. The van der Waals surface area contributed by atoms with Crippen LogP contribution in [0.25, 0.3) is 10.2 Å². The fraction of sp³-hybridized carbons (Fsp3) is 0.0667. The molecule has 112 valence electrons. The zero-order chi connectivity index (χ0) is 15.5. The van der Waals surface area contributed by atoms with Gasteiger partial charge >= 0.3 is 0 Å². The Balaban J connectivity index is 1.62. The lowest BCUT2D eigenvalue weighted by atomic mass is 10.3. The highest BCUT2D eigenvalue weighted by Crippen LogP contribution is 2.28. The van der Waals surface area contributed by atoms with Gasteiger partial charge in [-0.25, -0.2) is 4.98 Å². The molecule has 0 atom stereocenters. The maximum absolute atomic E-state index is 11.9. The number of hydrogen-bond acceptors (Lipinski definition) is 4. The first-order valence-electron chi connectivity index (χ1n) is 6.35. The third-order valence-corrected chi connectivity index (χ3v) is 4.86. The van der Waals surface area contributed by atoms with Crippen LogP contribution in [0.1, 0.15) is 0 Å². The monoisotopic (exact) mass is 440 g/mol. The molecular weight excluding hydrogens is 432 g/mol. The highest BCUT2D eigenvalue weighted by atomic mass is 79.9. The van der Waals surface area contributed by atoms with Crippen LogP contribution in [0.15, 0.2) is 51.4 Å². The Bertz CT molecular complexity index is 802. The van der Waals surface area contributed by atoms with Crippen molar-refractivity contribution in [3.05, 3.63) is 51.4 Å². The summed E-state index contributed by atoms with van der Waals surface area (Å²) in [5, 5.41) is 3.33. The quantitative estimate of drug-likeness (QED) is 0.630. The molecule has 1 heterocycles. The normalized spacial score (nSPS) is 10.6. The number of hydrogen-bond donors (Lipinski definition) is 1. The molecule has 0 bridgehead atoms. The van der Waals surface area contributed by atoms with Crippen LogP contribution in [-0.4, -0.2) is 17.5 Å². The van der Waals surface area contributed by atoms with Gasteiger partial charge < -0.3 is 4.74 Å². The molecule has 0 aliphatic carbocycles. The molecule has 0 fully saturated rings. The molecule has 0 unspecified atom stereocenters. The standard InChI is InChI=1S/C15H10Br2N2O2S/c16-9-5-6-12(10(17)7-9)21-8-14(20)19-15-18-11-3-1-2-4-13(11)22-15/h1-7H,8H2,(H,18,19,20). The van der Waals surface area contributed by atoms with Crippen molar-refractivity contribution < 1.29 is 9.53 Å². The zero-order valence-corrected chi connectivity index (χ0v) is 15.2. The zero-order valence-electron chi connectivity index (χ0n) is 11.2. The minimum atomic E-state index is -0.242. The second-order valence-corrected chi connectivity index (χ2v) is 7.20. The number of nitrogens with zero attached hydrogens (tertiary/aromatic N) is 1. The average molecular weight is 442 g/mol. The van der Waals surface area contributed by atoms with Crippen LogP contribution >= 0.6 is 43.2 Å². The van der Waals surface area contributed by atoms with Crippen LogP contribution in [-0.2, 0) is 4.79 Å². The Hall–Kier alpha value is -1.44. The third kappa shape index (κ3) is 3.66. The van der Waals surface area contributed by atoms with Gasteiger partial charge in [-0.05, 0) is 46.3 Å². The predicted octanol–water partition coefficient (Wildman–Crippen LogP) is 4.84. The molecule has 0 saturated carbocycles. The van der Waals surface area contributed by atoms with Crippen molar-refractivity contribution in [1.82, 2.24) is 4.98 Å². The van der Waals surface area contributed by atoms with Crippen molar-refractivity contribution >= 4 is 64.5 Å². The number of benzene rings is 2. The number of carbonyl (C=O) groups is 1. The lowest BCUT2D eigenvalue weighted by Crippen LogP contribution is -2.20. The Morgan fingerprint density at radius 1 is 1.23 bits per heavy atom. The Morgan fingerprint density at radius 3 is 2.82 bits per heavy atom. The molecule has 1 amide bonds. The van der Waals surface area contributed by atoms with Gasteiger partial charge in [-0.3, -0.25) is 10.1 Å². The molecule has 0 saturated heterocycles. The van der Waals surface area contributed by atoms with E-state index in [-0.39, 0.29) is 12.5 Å². The maximum Gasteiger partial charge on any atom is 0.264 e. The first kappa shape index (κ1) is 15.5. The molecule has 1 aromatic heterocycles. The van der Waals surface area contributed by atoms with E-state index in [0.717, 1.165) is 19.2 Å². The lowest BCUT2D eigenvalue weighted by molar-refractivity contribution is -0.118. The van der Waals surface area contributed by atoms with Gasteiger partial charge in [0.1, 0.15) is 5.75 Å². The number of rotatable bonds is 4. The van der Waals surface area contributed by atoms with E-state index in [9.17, 15) is 4.79 Å². The van der Waals surface area contributed by atoms with Gasteiger partial charge in [-0.15, -0.1) is 0 Å². The van der Waals surface area contributed by atoms with Crippen molar-refractivity contribution in [3.8, 4) is 5.75 Å². The fourth-order valence-electron chi connectivity index (χ4n) is 1.82. The molecule has 0 aliphatic rings. The SMILES string of the molecule is O=C(COc1ccc(Br)cc1Br)Nc1nc2ccccc2s1. The summed E-state index contributed by atoms with van der Waals surface area (Å²) in [7, 11) is 0. The van der Waals surface area contributed by atoms with Crippen molar-refractivity contribution in [1.29, 1.82) is 0 Å². The van der Waals surface area contributed by atoms with Gasteiger partial charge in [-0.1, -0.05) is 39.4 Å². The first-order chi connectivity index (χ1) is 10.6. The number of aromatic nitrogens is 1. The average Bonchev–Trinajstić information content (AvgIpc) is 2.88. The van der Waals surface area contributed by atoms with Crippen LogP contribution in [0.2, 0.25) is 0 Å². The van der Waals surface area contributed by atoms with Gasteiger partial charge in [0.2, 0.25) is 0 Å². The first-order valence-corrected chi connectivity index (χ1v) is 8.75. The predicted molar refractivity (Wildman–Crippen MR) is 95.6 cm³/mol. The number of thiazole rings is 1. The largest absolute Gasteiger partial charge is 0.483 e. The number of halogens is 2. The second kappa shape index (κ2) is 6.76. The summed E-state index contributed by atoms with van der Waals surface area (Å²) in [4.78, 5) is 16.3. The van der Waals surface area contributed by atoms with Gasteiger partial charge in [0.05, 0.1) is 14.7 Å². The lowest BCUT2D eigenvalue weighted by Gasteiger charge is -2.07. The van der Waals surface area contributed by atoms with E-state index in [2.05, 4.69) is 42.2 Å². The topological polar surface area (TPSA) is 51.2 Å². The Kier molecular flexibility index (Phi) is 4.75. The van der Waals surface area contributed by atoms with Gasteiger partial charge in [0, 0.05) is 4.47 Å². The van der Waals surface area contributed by atoms with E-state index >= 15 is 0 Å². The van der Waals surface area contributed by atoms with Crippen molar-refractivity contribution in [2.24, 2.45) is 0 Å². The third-order valence-electron chi connectivity index (χ3n) is 2.79. The molecule has 0 radical (unpaired) electrons.